The molecule has 0 spiro atoms. The lowest BCUT2D eigenvalue weighted by molar-refractivity contribution is -0.141. The molecule has 30 heavy (non-hydrogen) atoms. The molecule has 1 aliphatic heterocycles. The second kappa shape index (κ2) is 10.1. The third-order valence-electron chi connectivity index (χ3n) is 4.43. The smallest absolute Gasteiger partial charge is 0.407 e. The molecule has 2 unspecified atom stereocenters. The minimum Gasteiger partial charge on any atom is -0.480 e. The van der Waals surface area contributed by atoms with Gasteiger partial charge >= 0.3 is 19.7 Å². The van der Waals surface area contributed by atoms with Crippen molar-refractivity contribution in [1.29, 1.82) is 0 Å². The van der Waals surface area contributed by atoms with Gasteiger partial charge in [0.05, 0.1) is 20.1 Å². The number of carboxylic acid groups (broad SMARTS) is 1. The Balaban J connectivity index is 2.08. The summed E-state index contributed by atoms with van der Waals surface area (Å²) >= 11 is 0. The number of carbonyl (C=O) groups is 3. The Morgan fingerprint density at radius 3 is 2.77 bits per heavy atom. The molecular weight excluding hydrogens is 417 g/mol. The predicted octanol–water partition coefficient (Wildman–Crippen LogP) is 0.896. The van der Waals surface area contributed by atoms with Crippen molar-refractivity contribution in [3.05, 3.63) is 30.1 Å². The summed E-state index contributed by atoms with van der Waals surface area (Å²) in [5.74, 6) is -2.34. The lowest BCUT2D eigenvalue weighted by Crippen LogP contribution is -2.52. The molecule has 1 fully saturated rings. The van der Waals surface area contributed by atoms with E-state index in [2.05, 4.69) is 20.1 Å². The highest BCUT2D eigenvalue weighted by atomic mass is 31.2. The van der Waals surface area contributed by atoms with Crippen LogP contribution < -0.4 is 10.4 Å². The van der Waals surface area contributed by atoms with Crippen LogP contribution in [0.1, 0.15) is 25.8 Å². The molecule has 1 aliphatic rings. The number of nitrogens with zero attached hydrogens (tertiary/aromatic N) is 1. The number of nitrogens with one attached hydrogen (secondary N) is 2. The number of carboxylic acids is 1. The number of pyridine rings is 1. The van der Waals surface area contributed by atoms with E-state index in [4.69, 9.17) is 9.05 Å². The zero-order valence-corrected chi connectivity index (χ0v) is 17.9. The number of hydrogen-bond acceptors (Lipinski definition) is 8. The number of aromatic nitrogens is 1. The summed E-state index contributed by atoms with van der Waals surface area (Å²) in [7, 11) is -2.87. The summed E-state index contributed by atoms with van der Waals surface area (Å²) in [6, 6.07) is 2.05. The van der Waals surface area contributed by atoms with Gasteiger partial charge in [0.15, 0.2) is 6.10 Å². The van der Waals surface area contributed by atoms with Crippen molar-refractivity contribution in [1.82, 2.24) is 15.4 Å². The highest BCUT2D eigenvalue weighted by molar-refractivity contribution is 7.51. The van der Waals surface area contributed by atoms with E-state index in [1.807, 2.05) is 0 Å². The van der Waals surface area contributed by atoms with Crippen LogP contribution in [0.5, 0.6) is 0 Å². The Bertz CT molecular complexity index is 817. The van der Waals surface area contributed by atoms with Gasteiger partial charge < -0.3 is 15.2 Å². The first kappa shape index (κ1) is 23.9. The molecule has 1 aromatic rings. The predicted molar refractivity (Wildman–Crippen MR) is 104 cm³/mol. The Morgan fingerprint density at radius 1 is 1.43 bits per heavy atom. The van der Waals surface area contributed by atoms with Crippen molar-refractivity contribution in [2.24, 2.45) is 5.41 Å². The second-order valence-electron chi connectivity index (χ2n) is 7.45. The quantitative estimate of drug-likeness (QED) is 0.370. The van der Waals surface area contributed by atoms with E-state index in [1.165, 1.54) is 13.3 Å². The average molecular weight is 443 g/mol. The van der Waals surface area contributed by atoms with Crippen molar-refractivity contribution in [3.63, 3.8) is 0 Å². The third-order valence-corrected chi connectivity index (χ3v) is 6.01. The maximum atomic E-state index is 13.1. The summed E-state index contributed by atoms with van der Waals surface area (Å²) in [5, 5.41) is 14.5. The second-order valence-corrected chi connectivity index (χ2v) is 9.17. The fourth-order valence-electron chi connectivity index (χ4n) is 2.73. The number of carbonyl (C=O) groups excluding carboxylic acids is 2. The molecule has 1 amide bonds. The van der Waals surface area contributed by atoms with E-state index in [9.17, 15) is 24.1 Å². The molecule has 0 bridgehead atoms. The minimum atomic E-state index is -4.11. The Kier molecular flexibility index (Phi) is 8.08. The van der Waals surface area contributed by atoms with E-state index in [0.29, 0.717) is 5.56 Å². The zero-order chi connectivity index (χ0) is 22.4. The van der Waals surface area contributed by atoms with Gasteiger partial charge in [0.2, 0.25) is 5.91 Å². The number of esters is 1. The first-order chi connectivity index (χ1) is 14.1. The van der Waals surface area contributed by atoms with Crippen molar-refractivity contribution in [2.45, 2.75) is 38.8 Å². The molecule has 0 saturated carbocycles. The van der Waals surface area contributed by atoms with E-state index in [-0.39, 0.29) is 26.0 Å². The van der Waals surface area contributed by atoms with Crippen LogP contribution in [0.2, 0.25) is 0 Å². The lowest BCUT2D eigenvalue weighted by atomic mass is 9.87. The molecule has 166 valence electrons. The van der Waals surface area contributed by atoms with E-state index >= 15 is 0 Å². The van der Waals surface area contributed by atoms with Crippen molar-refractivity contribution in [2.75, 3.05) is 20.3 Å². The van der Waals surface area contributed by atoms with Crippen molar-refractivity contribution < 1.29 is 37.8 Å². The lowest BCUT2D eigenvalue weighted by Gasteiger charge is -2.40. The molecule has 0 aromatic carbocycles. The maximum Gasteiger partial charge on any atom is 0.407 e. The number of ether oxygens (including phenoxy) is 1. The summed E-state index contributed by atoms with van der Waals surface area (Å²) in [5.41, 5.74) is -0.231. The molecule has 3 N–H and O–H groups in total. The number of methoxy groups -OCH3 is 1. The van der Waals surface area contributed by atoms with Crippen LogP contribution in [-0.4, -0.2) is 60.3 Å². The number of amides is 1. The van der Waals surface area contributed by atoms with Crippen molar-refractivity contribution >= 4 is 25.6 Å². The average Bonchev–Trinajstić information content (AvgIpc) is 2.70. The normalized spacial score (nSPS) is 23.9. The Labute approximate surface area is 174 Å². The van der Waals surface area contributed by atoms with Crippen LogP contribution in [-0.2, 0) is 39.2 Å². The summed E-state index contributed by atoms with van der Waals surface area (Å²) in [6.07, 6.45) is 1.81. The Hall–Kier alpha value is -2.33. The standard InChI is InChI=1S/C18H26N3O8P/c1-18(2)11-28-30(26,29-15(18)16(23)20-8-6-14(22)27-3)21-13(17(24)25)9-12-5-4-7-19-10-12/h4-5,7,10,13,15H,6,8-9,11H2,1-3H3,(H,20,23)(H,21,26)(H,24,25)/t13?,15-,30?/m0/s1. The minimum absolute atomic E-state index is 0.0127. The van der Waals surface area contributed by atoms with E-state index in [1.54, 1.807) is 32.2 Å². The van der Waals surface area contributed by atoms with Gasteiger partial charge in [0.25, 0.3) is 0 Å². The monoisotopic (exact) mass is 443 g/mol. The molecule has 0 radical (unpaired) electrons. The van der Waals surface area contributed by atoms with Gasteiger partial charge in [-0.15, -0.1) is 0 Å². The summed E-state index contributed by atoms with van der Waals surface area (Å²) < 4.78 is 28.4. The van der Waals surface area contributed by atoms with E-state index < -0.39 is 43.2 Å². The van der Waals surface area contributed by atoms with Crippen LogP contribution >= 0.6 is 7.75 Å². The van der Waals surface area contributed by atoms with E-state index in [0.717, 1.165) is 0 Å². The SMILES string of the molecule is COC(=O)CCNC(=O)[C@@H]1OP(=O)(NC(Cc2cccnc2)C(=O)O)OCC1(C)C. The molecule has 0 aliphatic carbocycles. The summed E-state index contributed by atoms with van der Waals surface area (Å²) in [6.45, 7) is 3.28. The van der Waals surface area contributed by atoms with Gasteiger partial charge in [-0.25, -0.2) is 9.65 Å². The molecule has 2 rings (SSSR count). The topological polar surface area (TPSA) is 153 Å². The van der Waals surface area contributed by atoms with Gasteiger partial charge in [0.1, 0.15) is 6.04 Å². The fourth-order valence-corrected chi connectivity index (χ4v) is 4.67. The first-order valence-corrected chi connectivity index (χ1v) is 10.8. The van der Waals surface area contributed by atoms with Crippen LogP contribution in [0.3, 0.4) is 0 Å². The number of rotatable bonds is 9. The van der Waals surface area contributed by atoms with Gasteiger partial charge in [-0.1, -0.05) is 19.9 Å². The fraction of sp³-hybridized carbons (Fsp3) is 0.556. The number of hydrogen-bond donors (Lipinski definition) is 3. The largest absolute Gasteiger partial charge is 0.480 e. The molecular formula is C18H26N3O8P. The third kappa shape index (κ3) is 6.60. The van der Waals surface area contributed by atoms with Crippen LogP contribution in [0, 0.1) is 5.41 Å². The highest BCUT2D eigenvalue weighted by Crippen LogP contribution is 2.53. The van der Waals surface area contributed by atoms with Gasteiger partial charge in [-0.3, -0.25) is 28.4 Å². The zero-order valence-electron chi connectivity index (χ0n) is 17.0. The molecule has 2 heterocycles. The number of aliphatic carboxylic acids is 1. The summed E-state index contributed by atoms with van der Waals surface area (Å²) in [4.78, 5) is 39.3. The molecule has 12 heteroatoms. The van der Waals surface area contributed by atoms with Gasteiger partial charge in [0, 0.05) is 30.8 Å². The van der Waals surface area contributed by atoms with Gasteiger partial charge in [-0.2, -0.15) is 0 Å². The highest BCUT2D eigenvalue weighted by Gasteiger charge is 2.49. The molecule has 11 nitrogen and oxygen atoms in total. The molecule has 1 aromatic heterocycles. The van der Waals surface area contributed by atoms with Gasteiger partial charge in [-0.05, 0) is 11.6 Å². The maximum absolute atomic E-state index is 13.1. The van der Waals surface area contributed by atoms with Crippen molar-refractivity contribution in [3.8, 4) is 0 Å². The molecule has 1 saturated heterocycles. The Morgan fingerprint density at radius 2 is 2.17 bits per heavy atom. The van der Waals surface area contributed by atoms with Crippen LogP contribution in [0.25, 0.3) is 0 Å². The van der Waals surface area contributed by atoms with Crippen LogP contribution in [0.15, 0.2) is 24.5 Å². The van der Waals surface area contributed by atoms with Crippen LogP contribution in [0.4, 0.5) is 0 Å². The molecule has 3 atom stereocenters. The first-order valence-electron chi connectivity index (χ1n) is 9.23.